The van der Waals surface area contributed by atoms with E-state index in [4.69, 9.17) is 0 Å². The van der Waals surface area contributed by atoms with E-state index in [9.17, 15) is 22.7 Å². The number of rotatable bonds is 3. The summed E-state index contributed by atoms with van der Waals surface area (Å²) in [4.78, 5) is 0. The summed E-state index contributed by atoms with van der Waals surface area (Å²) in [6, 6.07) is 2.20. The summed E-state index contributed by atoms with van der Waals surface area (Å²) in [6.07, 6.45) is -3.50. The number of aliphatic hydroxyl groups excluding tert-OH is 1. The molecule has 1 aromatic heterocycles. The summed E-state index contributed by atoms with van der Waals surface area (Å²) in [7, 11) is 0. The summed E-state index contributed by atoms with van der Waals surface area (Å²) >= 11 is 0. The maximum absolute atomic E-state index is 13.0. The van der Waals surface area contributed by atoms with Crippen molar-refractivity contribution in [3.63, 3.8) is 0 Å². The van der Waals surface area contributed by atoms with Crippen molar-refractivity contribution in [2.24, 2.45) is 0 Å². The molecule has 2 rings (SSSR count). The van der Waals surface area contributed by atoms with E-state index in [1.165, 1.54) is 17.1 Å². The van der Waals surface area contributed by atoms with E-state index in [0.29, 0.717) is 12.6 Å². The molecule has 7 heteroatoms. The Kier molecular flexibility index (Phi) is 3.80. The zero-order valence-electron chi connectivity index (χ0n) is 10.5. The van der Waals surface area contributed by atoms with Crippen LogP contribution in [0.3, 0.4) is 0 Å². The van der Waals surface area contributed by atoms with E-state index in [1.807, 2.05) is 6.92 Å². The average molecular weight is 288 g/mol. The van der Waals surface area contributed by atoms with Crippen LogP contribution in [-0.4, -0.2) is 14.9 Å². The van der Waals surface area contributed by atoms with Crippen molar-refractivity contribution in [1.82, 2.24) is 9.78 Å². The van der Waals surface area contributed by atoms with Gasteiger partial charge in [-0.25, -0.2) is 4.39 Å². The molecular formula is C13H12F4N2O. The SMILES string of the molecule is CCn1cc(C(O)c2ccc(F)cc2C(F)(F)F)cn1. The fraction of sp³-hybridized carbons (Fsp3) is 0.308. The highest BCUT2D eigenvalue weighted by Gasteiger charge is 2.36. The van der Waals surface area contributed by atoms with Gasteiger partial charge in [0.2, 0.25) is 0 Å². The highest BCUT2D eigenvalue weighted by atomic mass is 19.4. The Morgan fingerprint density at radius 1 is 1.35 bits per heavy atom. The van der Waals surface area contributed by atoms with Crippen LogP contribution >= 0.6 is 0 Å². The van der Waals surface area contributed by atoms with Crippen LogP contribution in [0.25, 0.3) is 0 Å². The molecule has 0 saturated carbocycles. The third-order valence-electron chi connectivity index (χ3n) is 2.91. The molecule has 0 aliphatic carbocycles. The molecule has 1 atom stereocenters. The lowest BCUT2D eigenvalue weighted by Gasteiger charge is -2.16. The predicted octanol–water partition coefficient (Wildman–Crippen LogP) is 3.14. The zero-order valence-corrected chi connectivity index (χ0v) is 10.5. The van der Waals surface area contributed by atoms with Gasteiger partial charge in [0, 0.05) is 18.3 Å². The van der Waals surface area contributed by atoms with Gasteiger partial charge in [0.15, 0.2) is 0 Å². The quantitative estimate of drug-likeness (QED) is 0.881. The molecule has 1 heterocycles. The first-order valence-electron chi connectivity index (χ1n) is 5.90. The van der Waals surface area contributed by atoms with E-state index < -0.39 is 29.2 Å². The Morgan fingerprint density at radius 2 is 2.05 bits per heavy atom. The van der Waals surface area contributed by atoms with Gasteiger partial charge in [-0.05, 0) is 24.6 Å². The van der Waals surface area contributed by atoms with Crippen LogP contribution in [0, 0.1) is 5.82 Å². The Labute approximate surface area is 112 Å². The number of hydrogen-bond acceptors (Lipinski definition) is 2. The van der Waals surface area contributed by atoms with Crippen LogP contribution in [-0.2, 0) is 12.7 Å². The van der Waals surface area contributed by atoms with Crippen LogP contribution in [0.5, 0.6) is 0 Å². The molecule has 1 unspecified atom stereocenters. The van der Waals surface area contributed by atoms with Gasteiger partial charge in [0.1, 0.15) is 11.9 Å². The topological polar surface area (TPSA) is 38.0 Å². The maximum Gasteiger partial charge on any atom is 0.416 e. The number of hydrogen-bond donors (Lipinski definition) is 1. The Bertz CT molecular complexity index is 607. The summed E-state index contributed by atoms with van der Waals surface area (Å²) in [6.45, 7) is 2.34. The first kappa shape index (κ1) is 14.5. The Hall–Kier alpha value is -1.89. The summed E-state index contributed by atoms with van der Waals surface area (Å²) < 4.78 is 53.1. The number of aromatic nitrogens is 2. The van der Waals surface area contributed by atoms with Gasteiger partial charge in [0.25, 0.3) is 0 Å². The molecule has 0 aliphatic rings. The van der Waals surface area contributed by atoms with Crippen molar-refractivity contribution in [3.8, 4) is 0 Å². The second-order valence-corrected chi connectivity index (χ2v) is 4.26. The van der Waals surface area contributed by atoms with Gasteiger partial charge in [0.05, 0.1) is 11.8 Å². The molecule has 1 N–H and O–H groups in total. The zero-order chi connectivity index (χ0) is 14.9. The monoisotopic (exact) mass is 288 g/mol. The van der Waals surface area contributed by atoms with Gasteiger partial charge in [-0.15, -0.1) is 0 Å². The minimum absolute atomic E-state index is 0.226. The standard InChI is InChI=1S/C13H12F4N2O/c1-2-19-7-8(6-18-19)12(20)10-4-3-9(14)5-11(10)13(15,16)17/h3-7,12,20H,2H2,1H3. The van der Waals surface area contributed by atoms with E-state index in [-0.39, 0.29) is 5.56 Å². The van der Waals surface area contributed by atoms with Crippen LogP contribution in [0.15, 0.2) is 30.6 Å². The molecule has 2 aromatic rings. The number of aliphatic hydroxyl groups is 1. The lowest BCUT2D eigenvalue weighted by atomic mass is 9.98. The summed E-state index contributed by atoms with van der Waals surface area (Å²) in [5, 5.41) is 14.0. The molecule has 3 nitrogen and oxygen atoms in total. The van der Waals surface area contributed by atoms with E-state index in [0.717, 1.165) is 12.1 Å². The highest BCUT2D eigenvalue weighted by Crippen LogP contribution is 2.36. The van der Waals surface area contributed by atoms with Crippen LogP contribution < -0.4 is 0 Å². The van der Waals surface area contributed by atoms with Gasteiger partial charge in [-0.3, -0.25) is 4.68 Å². The van der Waals surface area contributed by atoms with Crippen molar-refractivity contribution in [2.45, 2.75) is 25.7 Å². The normalized spacial score (nSPS) is 13.5. The number of benzene rings is 1. The minimum atomic E-state index is -4.74. The second-order valence-electron chi connectivity index (χ2n) is 4.26. The fourth-order valence-electron chi connectivity index (χ4n) is 1.89. The summed E-state index contributed by atoms with van der Waals surface area (Å²) in [5.74, 6) is -1.00. The molecule has 20 heavy (non-hydrogen) atoms. The summed E-state index contributed by atoms with van der Waals surface area (Å²) in [5.41, 5.74) is -1.35. The Balaban J connectivity index is 2.46. The van der Waals surface area contributed by atoms with Gasteiger partial charge in [-0.1, -0.05) is 6.07 Å². The van der Waals surface area contributed by atoms with Crippen LogP contribution in [0.4, 0.5) is 17.6 Å². The molecule has 0 aliphatic heterocycles. The third kappa shape index (κ3) is 2.82. The van der Waals surface area contributed by atoms with Crippen molar-refractivity contribution < 1.29 is 22.7 Å². The van der Waals surface area contributed by atoms with Crippen LogP contribution in [0.2, 0.25) is 0 Å². The van der Waals surface area contributed by atoms with E-state index in [2.05, 4.69) is 5.10 Å². The van der Waals surface area contributed by atoms with Crippen LogP contribution in [0.1, 0.15) is 29.7 Å². The molecule has 0 amide bonds. The van der Waals surface area contributed by atoms with Gasteiger partial charge >= 0.3 is 6.18 Å². The number of nitrogens with zero attached hydrogens (tertiary/aromatic N) is 2. The smallest absolute Gasteiger partial charge is 0.384 e. The number of aryl methyl sites for hydroxylation is 1. The van der Waals surface area contributed by atoms with Crippen molar-refractivity contribution >= 4 is 0 Å². The maximum atomic E-state index is 13.0. The molecule has 0 radical (unpaired) electrons. The molecule has 1 aromatic carbocycles. The van der Waals surface area contributed by atoms with Crippen molar-refractivity contribution in [2.75, 3.05) is 0 Å². The molecule has 0 saturated heterocycles. The molecule has 108 valence electrons. The minimum Gasteiger partial charge on any atom is -0.384 e. The van der Waals surface area contributed by atoms with Gasteiger partial charge < -0.3 is 5.11 Å². The molecule has 0 fully saturated rings. The first-order valence-corrected chi connectivity index (χ1v) is 5.90. The Morgan fingerprint density at radius 3 is 2.60 bits per heavy atom. The fourth-order valence-corrected chi connectivity index (χ4v) is 1.89. The van der Waals surface area contributed by atoms with Crippen molar-refractivity contribution in [1.29, 1.82) is 0 Å². The molecular weight excluding hydrogens is 276 g/mol. The highest BCUT2D eigenvalue weighted by molar-refractivity contribution is 5.36. The molecule has 0 bridgehead atoms. The second kappa shape index (κ2) is 5.24. The van der Waals surface area contributed by atoms with E-state index >= 15 is 0 Å². The lowest BCUT2D eigenvalue weighted by molar-refractivity contribution is -0.139. The average Bonchev–Trinajstić information content (AvgIpc) is 2.85. The predicted molar refractivity (Wildman–Crippen MR) is 63.4 cm³/mol. The number of alkyl halides is 3. The molecule has 0 spiro atoms. The first-order chi connectivity index (χ1) is 9.32. The lowest BCUT2D eigenvalue weighted by Crippen LogP contribution is -2.13. The van der Waals surface area contributed by atoms with E-state index in [1.54, 1.807) is 0 Å². The third-order valence-corrected chi connectivity index (χ3v) is 2.91. The number of halogens is 4. The van der Waals surface area contributed by atoms with Crippen molar-refractivity contribution in [3.05, 3.63) is 53.1 Å². The largest absolute Gasteiger partial charge is 0.416 e. The van der Waals surface area contributed by atoms with Gasteiger partial charge in [-0.2, -0.15) is 18.3 Å².